The maximum atomic E-state index is 13.5. The highest BCUT2D eigenvalue weighted by Crippen LogP contribution is 2.31. The summed E-state index contributed by atoms with van der Waals surface area (Å²) in [7, 11) is 1.80. The maximum absolute atomic E-state index is 13.5. The summed E-state index contributed by atoms with van der Waals surface area (Å²) in [5.41, 5.74) is 1.91. The average molecular weight is 499 g/mol. The minimum atomic E-state index is -1.20. The Labute approximate surface area is 210 Å². The van der Waals surface area contributed by atoms with Gasteiger partial charge < -0.3 is 24.9 Å². The number of hydrogen-bond acceptors (Lipinski definition) is 6. The zero-order valence-electron chi connectivity index (χ0n) is 19.7. The van der Waals surface area contributed by atoms with Crippen molar-refractivity contribution in [2.75, 3.05) is 6.61 Å². The third-order valence-corrected chi connectivity index (χ3v) is 6.21. The molecule has 1 atom stereocenters. The minimum absolute atomic E-state index is 0.306. The lowest BCUT2D eigenvalue weighted by molar-refractivity contribution is -0.618. The molecule has 0 saturated heterocycles. The molecule has 1 unspecified atom stereocenters. The van der Waals surface area contributed by atoms with Crippen molar-refractivity contribution in [3.63, 3.8) is 0 Å². The van der Waals surface area contributed by atoms with Gasteiger partial charge in [-0.25, -0.2) is 4.79 Å². The van der Waals surface area contributed by atoms with E-state index in [0.717, 1.165) is 4.73 Å². The van der Waals surface area contributed by atoms with Gasteiger partial charge in [-0.05, 0) is 24.3 Å². The second kappa shape index (κ2) is 9.54. The molecule has 186 valence electrons. The minimum Gasteiger partial charge on any atom is -0.492 e. The molecule has 0 radical (unpaired) electrons. The normalized spacial score (nSPS) is 11.9. The van der Waals surface area contributed by atoms with Crippen molar-refractivity contribution in [2.45, 2.75) is 5.92 Å². The van der Waals surface area contributed by atoms with Crippen LogP contribution in [0.3, 0.4) is 0 Å². The molecule has 0 amide bonds. The van der Waals surface area contributed by atoms with Crippen LogP contribution in [0.4, 0.5) is 0 Å². The predicted molar refractivity (Wildman–Crippen MR) is 134 cm³/mol. The summed E-state index contributed by atoms with van der Waals surface area (Å²) in [4.78, 5) is 31.3. The van der Waals surface area contributed by atoms with Gasteiger partial charge in [0.05, 0.1) is 16.3 Å². The SMILES string of the molecule is C[n+]1c2ccccc2c(C(=O)Oc2ccccc2)c2cccc(C(COn3c(O)ccc3O)C(=O)O)c21. The zero-order valence-corrected chi connectivity index (χ0v) is 19.7. The molecule has 9 heteroatoms. The topological polar surface area (TPSA) is 122 Å². The molecule has 0 spiro atoms. The number of aromatic nitrogens is 2. The van der Waals surface area contributed by atoms with Crippen molar-refractivity contribution in [1.29, 1.82) is 0 Å². The molecule has 0 aliphatic rings. The van der Waals surface area contributed by atoms with E-state index in [4.69, 9.17) is 9.57 Å². The van der Waals surface area contributed by atoms with Crippen molar-refractivity contribution >= 4 is 33.7 Å². The van der Waals surface area contributed by atoms with Gasteiger partial charge in [0.1, 0.15) is 25.3 Å². The first kappa shape index (κ1) is 23.7. The van der Waals surface area contributed by atoms with Gasteiger partial charge in [-0.3, -0.25) is 4.79 Å². The number of rotatable bonds is 7. The number of carbonyl (C=O) groups excluding carboxylic acids is 1. The Balaban J connectivity index is 1.68. The van der Waals surface area contributed by atoms with Crippen LogP contribution in [0.15, 0.2) is 84.9 Å². The number of benzene rings is 3. The summed E-state index contributed by atoms with van der Waals surface area (Å²) in [5.74, 6) is -3.31. The summed E-state index contributed by atoms with van der Waals surface area (Å²) in [6.07, 6.45) is 0. The Morgan fingerprint density at radius 2 is 1.51 bits per heavy atom. The van der Waals surface area contributed by atoms with E-state index in [-0.39, 0.29) is 11.8 Å². The summed E-state index contributed by atoms with van der Waals surface area (Å²) in [6.45, 7) is -0.402. The van der Waals surface area contributed by atoms with E-state index in [9.17, 15) is 24.9 Å². The standard InChI is InChI=1S/C28H22N2O7/c1-29-22-13-6-5-10-19(22)25(28(35)37-17-8-3-2-4-9-17)20-12-7-11-18(26(20)29)21(27(33)34)16-36-30-23(31)14-15-24(30)32/h2-15,21H,16H2,1H3,(H2,33,34,35)/p+1. The highest BCUT2D eigenvalue weighted by Gasteiger charge is 2.32. The molecule has 0 bridgehead atoms. The number of esters is 1. The van der Waals surface area contributed by atoms with Crippen LogP contribution in [0.2, 0.25) is 0 Å². The van der Waals surface area contributed by atoms with Crippen molar-refractivity contribution in [3.05, 3.63) is 96.1 Å². The number of fused-ring (bicyclic) bond motifs is 2. The molecule has 2 aromatic heterocycles. The van der Waals surface area contributed by atoms with E-state index in [0.29, 0.717) is 38.7 Å². The lowest BCUT2D eigenvalue weighted by Gasteiger charge is -2.17. The number of aryl methyl sites for hydroxylation is 1. The molecule has 5 rings (SSSR count). The van der Waals surface area contributed by atoms with Gasteiger partial charge >= 0.3 is 11.9 Å². The first-order valence-electron chi connectivity index (χ1n) is 11.4. The van der Waals surface area contributed by atoms with Crippen molar-refractivity contribution in [1.82, 2.24) is 4.73 Å². The number of carboxylic acids is 1. The van der Waals surface area contributed by atoms with Crippen LogP contribution in [0.1, 0.15) is 21.8 Å². The molecule has 37 heavy (non-hydrogen) atoms. The highest BCUT2D eigenvalue weighted by molar-refractivity contribution is 6.14. The van der Waals surface area contributed by atoms with Gasteiger partial charge in [0.2, 0.25) is 22.8 Å². The molecular weight excluding hydrogens is 476 g/mol. The number of carboxylic acid groups (broad SMARTS) is 1. The molecule has 0 aliphatic heterocycles. The Kier molecular flexibility index (Phi) is 6.10. The Bertz CT molecular complexity index is 1620. The summed E-state index contributed by atoms with van der Waals surface area (Å²) >= 11 is 0. The van der Waals surface area contributed by atoms with Crippen molar-refractivity contribution in [3.8, 4) is 17.5 Å². The van der Waals surface area contributed by atoms with Crippen molar-refractivity contribution in [2.24, 2.45) is 7.05 Å². The summed E-state index contributed by atoms with van der Waals surface area (Å²) < 4.78 is 8.26. The van der Waals surface area contributed by atoms with Crippen LogP contribution < -0.4 is 14.1 Å². The number of nitrogens with zero attached hydrogens (tertiary/aromatic N) is 2. The van der Waals surface area contributed by atoms with Crippen LogP contribution in [0, 0.1) is 0 Å². The fourth-order valence-corrected chi connectivity index (χ4v) is 4.51. The Hall–Kier alpha value is -5.05. The smallest absolute Gasteiger partial charge is 0.345 e. The number of para-hydroxylation sites is 3. The van der Waals surface area contributed by atoms with E-state index in [2.05, 4.69) is 0 Å². The molecule has 2 heterocycles. The van der Waals surface area contributed by atoms with E-state index in [1.807, 2.05) is 34.9 Å². The molecule has 3 N–H and O–H groups in total. The quantitative estimate of drug-likeness (QED) is 0.136. The second-order valence-electron chi connectivity index (χ2n) is 8.43. The van der Waals surface area contributed by atoms with Gasteiger partial charge in [0, 0.05) is 23.8 Å². The van der Waals surface area contributed by atoms with Crippen LogP contribution in [0.5, 0.6) is 17.5 Å². The van der Waals surface area contributed by atoms with E-state index in [1.165, 1.54) is 12.1 Å². The Morgan fingerprint density at radius 3 is 2.22 bits per heavy atom. The number of aromatic hydroxyl groups is 2. The number of ether oxygens (including phenoxy) is 1. The molecule has 0 fully saturated rings. The number of aliphatic carboxylic acids is 1. The van der Waals surface area contributed by atoms with Crippen LogP contribution in [-0.2, 0) is 11.8 Å². The number of hydrogen-bond donors (Lipinski definition) is 3. The predicted octanol–water partition coefficient (Wildman–Crippen LogP) is 3.55. The molecule has 5 aromatic rings. The second-order valence-corrected chi connectivity index (χ2v) is 8.43. The molecule has 0 aliphatic carbocycles. The van der Waals surface area contributed by atoms with Crippen molar-refractivity contribution < 1.29 is 39.1 Å². The fourth-order valence-electron chi connectivity index (χ4n) is 4.51. The highest BCUT2D eigenvalue weighted by atomic mass is 16.7. The first-order valence-corrected chi connectivity index (χ1v) is 11.4. The zero-order chi connectivity index (χ0) is 26.1. The van der Waals surface area contributed by atoms with Crippen LogP contribution >= 0.6 is 0 Å². The number of pyridine rings is 1. The van der Waals surface area contributed by atoms with Gasteiger partial charge in [-0.15, -0.1) is 4.73 Å². The third-order valence-electron chi connectivity index (χ3n) is 6.21. The van der Waals surface area contributed by atoms with E-state index in [1.54, 1.807) is 49.5 Å². The fraction of sp³-hybridized carbons (Fsp3) is 0.107. The van der Waals surface area contributed by atoms with Gasteiger partial charge in [-0.1, -0.05) is 42.5 Å². The average Bonchev–Trinajstić information content (AvgIpc) is 3.21. The van der Waals surface area contributed by atoms with Gasteiger partial charge in [-0.2, -0.15) is 4.57 Å². The summed E-state index contributed by atoms with van der Waals surface area (Å²) in [6, 6.07) is 23.5. The third kappa shape index (κ3) is 4.27. The summed E-state index contributed by atoms with van der Waals surface area (Å²) in [5, 5.41) is 31.0. The molecule has 0 saturated carbocycles. The Morgan fingerprint density at radius 1 is 0.865 bits per heavy atom. The largest absolute Gasteiger partial charge is 0.492 e. The van der Waals surface area contributed by atoms with E-state index >= 15 is 0 Å². The lowest BCUT2D eigenvalue weighted by Crippen LogP contribution is -2.34. The first-order chi connectivity index (χ1) is 17.9. The van der Waals surface area contributed by atoms with Crippen LogP contribution in [-0.4, -0.2) is 38.6 Å². The number of carbonyl (C=O) groups is 2. The van der Waals surface area contributed by atoms with E-state index < -0.39 is 24.5 Å². The lowest BCUT2D eigenvalue weighted by atomic mass is 9.93. The molecular formula is C28H23N2O7+. The van der Waals surface area contributed by atoms with Gasteiger partial charge in [0.25, 0.3) is 0 Å². The monoisotopic (exact) mass is 499 g/mol. The van der Waals surface area contributed by atoms with Gasteiger partial charge in [0.15, 0.2) is 0 Å². The van der Waals surface area contributed by atoms with Crippen LogP contribution in [0.25, 0.3) is 21.8 Å². The molecule has 9 nitrogen and oxygen atoms in total. The maximum Gasteiger partial charge on any atom is 0.345 e. The molecule has 3 aromatic carbocycles.